The highest BCUT2D eigenvalue weighted by Gasteiger charge is 2.63. The van der Waals surface area contributed by atoms with Crippen molar-refractivity contribution < 1.29 is 19.0 Å². The molecule has 0 radical (unpaired) electrons. The minimum absolute atomic E-state index is 0.00997. The summed E-state index contributed by atoms with van der Waals surface area (Å²) in [4.78, 5) is 24.7. The molecule has 3 saturated heterocycles. The molecule has 3 fully saturated rings. The van der Waals surface area contributed by atoms with E-state index in [2.05, 4.69) is 15.1 Å². The quantitative estimate of drug-likeness (QED) is 0.724. The van der Waals surface area contributed by atoms with E-state index in [4.69, 9.17) is 4.74 Å². The first-order valence-electron chi connectivity index (χ1n) is 10.3. The monoisotopic (exact) mass is 416 g/mol. The molecule has 9 nitrogen and oxygen atoms in total. The van der Waals surface area contributed by atoms with Crippen molar-refractivity contribution in [3.8, 4) is 0 Å². The highest BCUT2D eigenvalue weighted by Crippen LogP contribution is 2.49. The second-order valence-corrected chi connectivity index (χ2v) is 8.40. The summed E-state index contributed by atoms with van der Waals surface area (Å²) in [6.07, 6.45) is 5.58. The number of aliphatic hydroxyl groups is 1. The Morgan fingerprint density at radius 1 is 1.37 bits per heavy atom. The number of carbonyl (C=O) groups excluding carboxylic acids is 1. The predicted octanol–water partition coefficient (Wildman–Crippen LogP) is 0.317. The Bertz CT molecular complexity index is 912. The molecule has 160 valence electrons. The lowest BCUT2D eigenvalue weighted by Gasteiger charge is -2.41. The van der Waals surface area contributed by atoms with Gasteiger partial charge in [-0.25, -0.2) is 14.4 Å². The molecule has 1 N–H and O–H groups in total. The van der Waals surface area contributed by atoms with Gasteiger partial charge in [-0.3, -0.25) is 9.48 Å². The van der Waals surface area contributed by atoms with Crippen molar-refractivity contribution in [1.29, 1.82) is 0 Å². The number of nitrogens with zero attached hydrogens (tertiary/aromatic N) is 6. The van der Waals surface area contributed by atoms with Crippen LogP contribution in [0.15, 0.2) is 31.0 Å². The van der Waals surface area contributed by atoms with Crippen molar-refractivity contribution in [2.75, 3.05) is 37.7 Å². The molecule has 1 amide bonds. The van der Waals surface area contributed by atoms with E-state index in [9.17, 15) is 14.3 Å². The summed E-state index contributed by atoms with van der Waals surface area (Å²) in [5, 5.41) is 14.1. The Labute approximate surface area is 173 Å². The van der Waals surface area contributed by atoms with Gasteiger partial charge in [0.2, 0.25) is 5.91 Å². The zero-order valence-electron chi connectivity index (χ0n) is 16.6. The first-order valence-corrected chi connectivity index (χ1v) is 10.3. The number of fused-ring (bicyclic) bond motifs is 1. The molecule has 2 aromatic heterocycles. The van der Waals surface area contributed by atoms with Crippen LogP contribution in [0.1, 0.15) is 12.8 Å². The van der Waals surface area contributed by atoms with Crippen molar-refractivity contribution >= 4 is 11.7 Å². The Balaban J connectivity index is 1.29. The molecule has 3 aliphatic rings. The Morgan fingerprint density at radius 3 is 3.03 bits per heavy atom. The zero-order chi connectivity index (χ0) is 20.7. The lowest BCUT2D eigenvalue weighted by molar-refractivity contribution is -0.133. The molecule has 30 heavy (non-hydrogen) atoms. The van der Waals surface area contributed by atoms with E-state index in [-0.39, 0.29) is 36.3 Å². The molecular weight excluding hydrogens is 391 g/mol. The van der Waals surface area contributed by atoms with Crippen LogP contribution in [0.25, 0.3) is 0 Å². The first kappa shape index (κ1) is 19.4. The highest BCUT2D eigenvalue weighted by atomic mass is 19.1. The largest absolute Gasteiger partial charge is 0.396 e. The van der Waals surface area contributed by atoms with Crippen LogP contribution < -0.4 is 4.90 Å². The zero-order valence-corrected chi connectivity index (χ0v) is 16.6. The molecule has 2 bridgehead atoms. The number of hydrogen-bond donors (Lipinski definition) is 1. The maximum atomic E-state index is 14.4. The van der Waals surface area contributed by atoms with Gasteiger partial charge in [0.1, 0.15) is 18.3 Å². The van der Waals surface area contributed by atoms with Crippen molar-refractivity contribution in [2.24, 2.45) is 11.8 Å². The number of hydrogen-bond acceptors (Lipinski definition) is 7. The number of aromatic nitrogens is 4. The standard InChI is InChI=1S/C20H25FN6O3/c21-16-3-1-5-23-19(16)26-8-17-14(9-28)15-7-25(10-20(15,11-26)30-17)18(29)4-2-6-27-13-22-12-24-27/h1,3,5,12-15,17,28H,2,4,6-11H2/t14-,15+,17+,20-/m0/s1. The van der Waals surface area contributed by atoms with Crippen LogP contribution in [0.3, 0.4) is 0 Å². The molecule has 5 rings (SSSR count). The minimum atomic E-state index is -0.595. The maximum Gasteiger partial charge on any atom is 0.222 e. The fourth-order valence-electron chi connectivity index (χ4n) is 5.29. The van der Waals surface area contributed by atoms with Crippen LogP contribution >= 0.6 is 0 Å². The molecule has 4 atom stereocenters. The van der Waals surface area contributed by atoms with E-state index in [1.807, 2.05) is 9.80 Å². The number of pyridine rings is 1. The van der Waals surface area contributed by atoms with Gasteiger partial charge < -0.3 is 19.6 Å². The van der Waals surface area contributed by atoms with Gasteiger partial charge in [0.15, 0.2) is 11.6 Å². The lowest BCUT2D eigenvalue weighted by Crippen LogP contribution is -2.55. The molecular formula is C20H25FN6O3. The summed E-state index contributed by atoms with van der Waals surface area (Å²) in [5.41, 5.74) is -0.595. The summed E-state index contributed by atoms with van der Waals surface area (Å²) in [6, 6.07) is 2.97. The first-order chi connectivity index (χ1) is 14.6. The summed E-state index contributed by atoms with van der Waals surface area (Å²) in [6.45, 7) is 2.59. The minimum Gasteiger partial charge on any atom is -0.396 e. The van der Waals surface area contributed by atoms with Crippen molar-refractivity contribution in [1.82, 2.24) is 24.6 Å². The van der Waals surface area contributed by atoms with E-state index in [0.29, 0.717) is 51.4 Å². The van der Waals surface area contributed by atoms with Gasteiger partial charge in [-0.2, -0.15) is 5.10 Å². The second-order valence-electron chi connectivity index (χ2n) is 8.40. The average Bonchev–Trinajstić information content (AvgIpc) is 3.41. The molecule has 5 heterocycles. The number of likely N-dealkylation sites (tertiary alicyclic amines) is 1. The number of rotatable bonds is 6. The van der Waals surface area contributed by atoms with Gasteiger partial charge in [0.25, 0.3) is 0 Å². The third kappa shape index (κ3) is 3.24. The number of ether oxygens (including phenoxy) is 1. The van der Waals surface area contributed by atoms with E-state index >= 15 is 0 Å². The number of anilines is 1. The second kappa shape index (κ2) is 7.59. The summed E-state index contributed by atoms with van der Waals surface area (Å²) in [5.74, 6) is -0.0402. The molecule has 2 aromatic rings. The lowest BCUT2D eigenvalue weighted by atomic mass is 9.83. The van der Waals surface area contributed by atoms with Crippen LogP contribution in [0.4, 0.5) is 10.2 Å². The smallest absolute Gasteiger partial charge is 0.222 e. The van der Waals surface area contributed by atoms with Crippen LogP contribution in [0.5, 0.6) is 0 Å². The number of amides is 1. The fourth-order valence-corrected chi connectivity index (χ4v) is 5.29. The number of aryl methyl sites for hydroxylation is 1. The van der Waals surface area contributed by atoms with Crippen LogP contribution in [0.2, 0.25) is 0 Å². The SMILES string of the molecule is O=C(CCCn1cncn1)N1C[C@@H]2[C@H](CO)[C@H]3CN(c4ncccc4F)C[C@]2(C1)O3. The number of aliphatic hydroxyl groups excluding tert-OH is 1. The molecule has 1 spiro atoms. The summed E-state index contributed by atoms with van der Waals surface area (Å²) in [7, 11) is 0. The third-order valence-electron chi connectivity index (χ3n) is 6.64. The summed E-state index contributed by atoms with van der Waals surface area (Å²) >= 11 is 0. The number of halogens is 1. The molecule has 0 unspecified atom stereocenters. The highest BCUT2D eigenvalue weighted by molar-refractivity contribution is 5.76. The summed E-state index contributed by atoms with van der Waals surface area (Å²) < 4.78 is 22.4. The third-order valence-corrected chi connectivity index (χ3v) is 6.64. The topological polar surface area (TPSA) is 96.6 Å². The molecule has 3 aliphatic heterocycles. The molecule has 0 saturated carbocycles. The average molecular weight is 416 g/mol. The predicted molar refractivity (Wildman–Crippen MR) is 104 cm³/mol. The molecule has 0 aromatic carbocycles. The number of carbonyl (C=O) groups is 1. The van der Waals surface area contributed by atoms with Crippen LogP contribution in [-0.4, -0.2) is 80.2 Å². The Hall–Kier alpha value is -2.59. The van der Waals surface area contributed by atoms with E-state index in [1.54, 1.807) is 23.3 Å². The molecule has 0 aliphatic carbocycles. The fraction of sp³-hybridized carbons (Fsp3) is 0.600. The van der Waals surface area contributed by atoms with Gasteiger partial charge in [-0.15, -0.1) is 0 Å². The number of morpholine rings is 1. The van der Waals surface area contributed by atoms with Gasteiger partial charge in [-0.05, 0) is 18.6 Å². The van der Waals surface area contributed by atoms with Crippen LogP contribution in [0, 0.1) is 17.7 Å². The van der Waals surface area contributed by atoms with Crippen LogP contribution in [-0.2, 0) is 16.1 Å². The van der Waals surface area contributed by atoms with Gasteiger partial charge in [0, 0.05) is 50.7 Å². The van der Waals surface area contributed by atoms with E-state index < -0.39 is 5.60 Å². The van der Waals surface area contributed by atoms with Gasteiger partial charge in [-0.1, -0.05) is 0 Å². The molecule has 10 heteroatoms. The van der Waals surface area contributed by atoms with Gasteiger partial charge >= 0.3 is 0 Å². The van der Waals surface area contributed by atoms with E-state index in [1.165, 1.54) is 12.4 Å². The van der Waals surface area contributed by atoms with Crippen molar-refractivity contribution in [2.45, 2.75) is 31.1 Å². The van der Waals surface area contributed by atoms with E-state index in [0.717, 1.165) is 0 Å². The van der Waals surface area contributed by atoms with Gasteiger partial charge in [0.05, 0.1) is 19.2 Å². The van der Waals surface area contributed by atoms with Crippen molar-refractivity contribution in [3.05, 3.63) is 36.8 Å². The van der Waals surface area contributed by atoms with Crippen molar-refractivity contribution in [3.63, 3.8) is 0 Å². The normalized spacial score (nSPS) is 30.0. The maximum absolute atomic E-state index is 14.4. The Kier molecular flexibility index (Phi) is 4.90. The Morgan fingerprint density at radius 2 is 2.27 bits per heavy atom.